The monoisotopic (exact) mass is 242 g/mol. The minimum atomic E-state index is -0.841. The van der Waals surface area contributed by atoms with Crippen molar-refractivity contribution < 1.29 is 14.7 Å². The van der Waals surface area contributed by atoms with Gasteiger partial charge in [0.2, 0.25) is 5.91 Å². The number of carbonyl (C=O) groups is 2. The number of hydrogen-bond donors (Lipinski definition) is 1. The molecular weight excluding hydrogens is 220 g/mol. The summed E-state index contributed by atoms with van der Waals surface area (Å²) in [7, 11) is 1.90. The van der Waals surface area contributed by atoms with Crippen molar-refractivity contribution in [2.45, 2.75) is 45.2 Å². The van der Waals surface area contributed by atoms with E-state index in [1.807, 2.05) is 23.8 Å². The summed E-state index contributed by atoms with van der Waals surface area (Å²) in [5.74, 6) is -0.764. The maximum absolute atomic E-state index is 12.2. The Morgan fingerprint density at radius 1 is 1.53 bits per heavy atom. The fourth-order valence-corrected chi connectivity index (χ4v) is 2.29. The highest BCUT2D eigenvalue weighted by molar-refractivity contribution is 5.83. The van der Waals surface area contributed by atoms with Gasteiger partial charge in [-0.2, -0.15) is 0 Å². The van der Waals surface area contributed by atoms with Gasteiger partial charge >= 0.3 is 5.97 Å². The Morgan fingerprint density at radius 3 is 2.71 bits per heavy atom. The van der Waals surface area contributed by atoms with E-state index in [0.29, 0.717) is 6.42 Å². The van der Waals surface area contributed by atoms with Crippen LogP contribution in [0.5, 0.6) is 0 Å². The summed E-state index contributed by atoms with van der Waals surface area (Å²) in [5.41, 5.74) is 0. The number of hydrogen-bond acceptors (Lipinski definition) is 3. The molecular formula is C12H22N2O3. The molecule has 0 saturated carbocycles. The maximum atomic E-state index is 12.2. The number of rotatable bonds is 5. The van der Waals surface area contributed by atoms with Gasteiger partial charge in [0.1, 0.15) is 0 Å². The van der Waals surface area contributed by atoms with Crippen LogP contribution in [0.2, 0.25) is 0 Å². The van der Waals surface area contributed by atoms with Crippen molar-refractivity contribution >= 4 is 11.9 Å². The number of carboxylic acids is 1. The average molecular weight is 242 g/mol. The first kappa shape index (κ1) is 14.0. The van der Waals surface area contributed by atoms with Crippen LogP contribution in [0.3, 0.4) is 0 Å². The first-order chi connectivity index (χ1) is 7.97. The molecule has 5 nitrogen and oxygen atoms in total. The summed E-state index contributed by atoms with van der Waals surface area (Å²) < 4.78 is 0. The third-order valence-electron chi connectivity index (χ3n) is 3.39. The zero-order chi connectivity index (χ0) is 13.0. The molecule has 0 radical (unpaired) electrons. The van der Waals surface area contributed by atoms with Crippen molar-refractivity contribution in [3.63, 3.8) is 0 Å². The number of carboxylic acid groups (broad SMARTS) is 1. The highest BCUT2D eigenvalue weighted by Crippen LogP contribution is 2.19. The molecule has 0 bridgehead atoms. The largest absolute Gasteiger partial charge is 0.481 e. The zero-order valence-electron chi connectivity index (χ0n) is 10.8. The molecule has 1 aliphatic rings. The second-order valence-electron chi connectivity index (χ2n) is 4.75. The lowest BCUT2D eigenvalue weighted by Gasteiger charge is -2.43. The van der Waals surface area contributed by atoms with Crippen LogP contribution in [0.4, 0.5) is 0 Å². The lowest BCUT2D eigenvalue weighted by molar-refractivity contribution is -0.145. The third-order valence-corrected chi connectivity index (χ3v) is 3.39. The van der Waals surface area contributed by atoms with E-state index in [4.69, 9.17) is 5.11 Å². The lowest BCUT2D eigenvalue weighted by atomic mass is 10.0. The molecule has 1 amide bonds. The Bertz CT molecular complexity index is 293. The van der Waals surface area contributed by atoms with Crippen LogP contribution >= 0.6 is 0 Å². The van der Waals surface area contributed by atoms with Crippen LogP contribution in [0, 0.1) is 0 Å². The summed E-state index contributed by atoms with van der Waals surface area (Å²) in [5, 5.41) is 8.71. The molecule has 0 aromatic carbocycles. The number of aliphatic carboxylic acids is 1. The third kappa shape index (κ3) is 3.43. The second kappa shape index (κ2) is 6.00. The Kier molecular flexibility index (Phi) is 4.93. The van der Waals surface area contributed by atoms with E-state index in [-0.39, 0.29) is 24.4 Å². The van der Waals surface area contributed by atoms with Crippen LogP contribution in [-0.2, 0) is 9.59 Å². The van der Waals surface area contributed by atoms with Crippen molar-refractivity contribution in [3.05, 3.63) is 0 Å². The Morgan fingerprint density at radius 2 is 2.18 bits per heavy atom. The van der Waals surface area contributed by atoms with E-state index < -0.39 is 5.97 Å². The summed E-state index contributed by atoms with van der Waals surface area (Å²) in [6.45, 7) is 5.62. The molecule has 1 aliphatic heterocycles. The van der Waals surface area contributed by atoms with Crippen LogP contribution in [0.25, 0.3) is 0 Å². The lowest BCUT2D eigenvalue weighted by Crippen LogP contribution is -2.59. The molecule has 0 spiro atoms. The number of amides is 1. The van der Waals surface area contributed by atoms with Gasteiger partial charge in [0.15, 0.2) is 0 Å². The molecule has 98 valence electrons. The minimum Gasteiger partial charge on any atom is -0.481 e. The smallest absolute Gasteiger partial charge is 0.303 e. The summed E-state index contributed by atoms with van der Waals surface area (Å²) >= 11 is 0. The number of piperazine rings is 1. The average Bonchev–Trinajstić information content (AvgIpc) is 2.26. The molecule has 1 rings (SSSR count). The molecule has 17 heavy (non-hydrogen) atoms. The van der Waals surface area contributed by atoms with E-state index >= 15 is 0 Å². The van der Waals surface area contributed by atoms with E-state index in [2.05, 4.69) is 6.92 Å². The molecule has 2 unspecified atom stereocenters. The van der Waals surface area contributed by atoms with Gasteiger partial charge in [-0.1, -0.05) is 6.92 Å². The maximum Gasteiger partial charge on any atom is 0.303 e. The molecule has 1 N–H and O–H groups in total. The van der Waals surface area contributed by atoms with Crippen molar-refractivity contribution in [2.75, 3.05) is 20.1 Å². The van der Waals surface area contributed by atoms with Crippen LogP contribution in [0.1, 0.15) is 33.1 Å². The molecule has 1 heterocycles. The van der Waals surface area contributed by atoms with E-state index in [9.17, 15) is 9.59 Å². The Labute approximate surface area is 102 Å². The first-order valence-corrected chi connectivity index (χ1v) is 6.19. The van der Waals surface area contributed by atoms with Gasteiger partial charge in [-0.15, -0.1) is 0 Å². The summed E-state index contributed by atoms with van der Waals surface area (Å²) in [6.07, 6.45) is 1.39. The fraction of sp³-hybridized carbons (Fsp3) is 0.833. The molecule has 0 aromatic rings. The highest BCUT2D eigenvalue weighted by Gasteiger charge is 2.35. The Balaban J connectivity index is 2.69. The summed E-state index contributed by atoms with van der Waals surface area (Å²) in [4.78, 5) is 26.6. The minimum absolute atomic E-state index is 0.0490. The molecule has 5 heteroatoms. The molecule has 1 fully saturated rings. The van der Waals surface area contributed by atoms with E-state index in [1.54, 1.807) is 0 Å². The standard InChI is InChI=1S/C12H22N2O3/c1-4-7-14-8-9(2)13(3)10(12(14)17)5-6-11(15)16/h9-10H,4-8H2,1-3H3,(H,15,16). The quantitative estimate of drug-likeness (QED) is 0.774. The first-order valence-electron chi connectivity index (χ1n) is 6.19. The van der Waals surface area contributed by atoms with Gasteiger partial charge in [0.25, 0.3) is 0 Å². The molecule has 2 atom stereocenters. The topological polar surface area (TPSA) is 60.9 Å². The van der Waals surface area contributed by atoms with Gasteiger partial charge in [-0.25, -0.2) is 0 Å². The predicted molar refractivity (Wildman–Crippen MR) is 64.8 cm³/mol. The number of nitrogens with zero attached hydrogens (tertiary/aromatic N) is 2. The van der Waals surface area contributed by atoms with Gasteiger partial charge in [0, 0.05) is 25.6 Å². The van der Waals surface area contributed by atoms with Crippen LogP contribution < -0.4 is 0 Å². The summed E-state index contributed by atoms with van der Waals surface area (Å²) in [6, 6.07) is 0.0134. The van der Waals surface area contributed by atoms with Crippen molar-refractivity contribution in [3.8, 4) is 0 Å². The van der Waals surface area contributed by atoms with E-state index in [0.717, 1.165) is 19.5 Å². The molecule has 1 saturated heterocycles. The highest BCUT2D eigenvalue weighted by atomic mass is 16.4. The number of likely N-dealkylation sites (N-methyl/N-ethyl adjacent to an activating group) is 1. The van der Waals surface area contributed by atoms with Gasteiger partial charge in [-0.05, 0) is 26.8 Å². The molecule has 0 aromatic heterocycles. The predicted octanol–water partition coefficient (Wildman–Crippen LogP) is 0.792. The van der Waals surface area contributed by atoms with Crippen LogP contribution in [-0.4, -0.2) is 59.0 Å². The van der Waals surface area contributed by atoms with Gasteiger partial charge in [-0.3, -0.25) is 14.5 Å². The number of carbonyl (C=O) groups excluding carboxylic acids is 1. The van der Waals surface area contributed by atoms with Gasteiger partial charge < -0.3 is 10.0 Å². The van der Waals surface area contributed by atoms with Crippen molar-refractivity contribution in [1.29, 1.82) is 0 Å². The van der Waals surface area contributed by atoms with Gasteiger partial charge in [0.05, 0.1) is 6.04 Å². The second-order valence-corrected chi connectivity index (χ2v) is 4.75. The van der Waals surface area contributed by atoms with Crippen molar-refractivity contribution in [1.82, 2.24) is 9.80 Å². The normalized spacial score (nSPS) is 26.3. The zero-order valence-corrected chi connectivity index (χ0v) is 10.8. The van der Waals surface area contributed by atoms with Crippen LogP contribution in [0.15, 0.2) is 0 Å². The fourth-order valence-electron chi connectivity index (χ4n) is 2.29. The van der Waals surface area contributed by atoms with Crippen molar-refractivity contribution in [2.24, 2.45) is 0 Å². The molecule has 0 aliphatic carbocycles. The Hall–Kier alpha value is -1.10. The SMILES string of the molecule is CCCN1CC(C)N(C)C(CCC(=O)O)C1=O. The van der Waals surface area contributed by atoms with E-state index in [1.165, 1.54) is 0 Å².